The lowest BCUT2D eigenvalue weighted by Crippen LogP contribution is -2.48. The van der Waals surface area contributed by atoms with Crippen LogP contribution in [0.1, 0.15) is 264 Å². The third kappa shape index (κ3) is 35.7. The van der Waals surface area contributed by atoms with Gasteiger partial charge in [0.1, 0.15) is 6.10 Å². The molecule has 4 heteroatoms. The van der Waals surface area contributed by atoms with E-state index in [1.54, 1.807) is 0 Å². The summed E-state index contributed by atoms with van der Waals surface area (Å²) in [6, 6.07) is -0.862. The number of aliphatic hydroxyl groups excluding tert-OH is 2. The summed E-state index contributed by atoms with van der Waals surface area (Å²) >= 11 is 0. The molecule has 4 nitrogen and oxygen atoms in total. The minimum Gasteiger partial charge on any atom is -0.391 e. The van der Waals surface area contributed by atoms with E-state index in [9.17, 15) is 15.0 Å². The van der Waals surface area contributed by atoms with Gasteiger partial charge in [-0.05, 0) is 12.8 Å². The SMILES string of the molecule is CCCCCCCCCCCCCCCCCCCCCCCCC(O)C(N)C(O)C(=O)CCCCCCCCCCCCCCCCC. The van der Waals surface area contributed by atoms with E-state index in [0.717, 1.165) is 32.1 Å². The van der Waals surface area contributed by atoms with E-state index < -0.39 is 18.2 Å². The Kier molecular flexibility index (Phi) is 40.0. The molecule has 0 saturated carbocycles. The van der Waals surface area contributed by atoms with Gasteiger partial charge < -0.3 is 15.9 Å². The standard InChI is InChI=1S/C45H91NO3/c1-3-5-7-9-11-13-15-17-19-20-21-22-23-24-25-27-28-30-32-34-36-38-40-42(47)44(46)45(49)43(48)41-39-37-35-33-31-29-26-18-16-14-12-10-8-6-4-2/h42,44-45,47,49H,3-41,46H2,1-2H3. The van der Waals surface area contributed by atoms with E-state index >= 15 is 0 Å². The number of unbranched alkanes of at least 4 members (excludes halogenated alkanes) is 35. The summed E-state index contributed by atoms with van der Waals surface area (Å²) in [6.45, 7) is 4.57. The minimum absolute atomic E-state index is 0.199. The Morgan fingerprint density at radius 1 is 0.388 bits per heavy atom. The monoisotopic (exact) mass is 694 g/mol. The number of carbonyl (C=O) groups excluding carboxylic acids is 1. The first-order valence-electron chi connectivity index (χ1n) is 22.7. The highest BCUT2D eigenvalue weighted by Gasteiger charge is 2.27. The number of Topliss-reactive ketones (excluding diaryl/α,β-unsaturated/α-hetero) is 1. The van der Waals surface area contributed by atoms with Crippen LogP contribution in [0.5, 0.6) is 0 Å². The Hall–Kier alpha value is -0.450. The van der Waals surface area contributed by atoms with Crippen LogP contribution < -0.4 is 5.73 Å². The molecule has 3 unspecified atom stereocenters. The van der Waals surface area contributed by atoms with Gasteiger partial charge in [-0.25, -0.2) is 0 Å². The van der Waals surface area contributed by atoms with Crippen LogP contribution in [0, 0.1) is 0 Å². The molecule has 49 heavy (non-hydrogen) atoms. The Morgan fingerprint density at radius 2 is 0.612 bits per heavy atom. The van der Waals surface area contributed by atoms with Gasteiger partial charge in [-0.2, -0.15) is 0 Å². The van der Waals surface area contributed by atoms with E-state index in [0.29, 0.717) is 12.8 Å². The summed E-state index contributed by atoms with van der Waals surface area (Å²) in [6.07, 6.45) is 48.2. The Morgan fingerprint density at radius 3 is 0.878 bits per heavy atom. The van der Waals surface area contributed by atoms with Crippen molar-refractivity contribution in [2.45, 2.75) is 283 Å². The fourth-order valence-corrected chi connectivity index (χ4v) is 7.40. The van der Waals surface area contributed by atoms with Crippen LogP contribution >= 0.6 is 0 Å². The van der Waals surface area contributed by atoms with Gasteiger partial charge in [0.2, 0.25) is 0 Å². The van der Waals surface area contributed by atoms with Crippen molar-refractivity contribution in [3.8, 4) is 0 Å². The summed E-state index contributed by atoms with van der Waals surface area (Å²) in [4.78, 5) is 12.5. The van der Waals surface area contributed by atoms with Crippen molar-refractivity contribution in [2.75, 3.05) is 0 Å². The van der Waals surface area contributed by atoms with E-state index in [-0.39, 0.29) is 5.78 Å². The average Bonchev–Trinajstić information content (AvgIpc) is 3.11. The summed E-state index contributed by atoms with van der Waals surface area (Å²) in [7, 11) is 0. The summed E-state index contributed by atoms with van der Waals surface area (Å²) in [5.41, 5.74) is 6.09. The molecule has 0 aromatic carbocycles. The van der Waals surface area contributed by atoms with Crippen LogP contribution in [-0.4, -0.2) is 34.2 Å². The highest BCUT2D eigenvalue weighted by molar-refractivity contribution is 5.83. The molecule has 294 valence electrons. The molecular formula is C45H91NO3. The number of carbonyl (C=O) groups is 1. The van der Waals surface area contributed by atoms with Gasteiger partial charge in [0.25, 0.3) is 0 Å². The maximum Gasteiger partial charge on any atom is 0.162 e. The van der Waals surface area contributed by atoms with Gasteiger partial charge in [-0.15, -0.1) is 0 Å². The lowest BCUT2D eigenvalue weighted by Gasteiger charge is -2.23. The molecule has 3 atom stereocenters. The van der Waals surface area contributed by atoms with Gasteiger partial charge in [-0.3, -0.25) is 4.79 Å². The maximum atomic E-state index is 12.5. The Bertz CT molecular complexity index is 641. The fourth-order valence-electron chi connectivity index (χ4n) is 7.40. The molecular weight excluding hydrogens is 602 g/mol. The van der Waals surface area contributed by atoms with E-state index in [2.05, 4.69) is 13.8 Å². The number of hydrogen-bond acceptors (Lipinski definition) is 4. The maximum absolute atomic E-state index is 12.5. The zero-order valence-corrected chi connectivity index (χ0v) is 33.7. The second kappa shape index (κ2) is 40.3. The van der Waals surface area contributed by atoms with Crippen LogP contribution in [-0.2, 0) is 4.79 Å². The second-order valence-electron chi connectivity index (χ2n) is 16.0. The van der Waals surface area contributed by atoms with Crippen molar-refractivity contribution in [3.63, 3.8) is 0 Å². The van der Waals surface area contributed by atoms with Crippen molar-refractivity contribution in [1.82, 2.24) is 0 Å². The van der Waals surface area contributed by atoms with Gasteiger partial charge in [0, 0.05) is 6.42 Å². The molecule has 0 aliphatic carbocycles. The van der Waals surface area contributed by atoms with Crippen molar-refractivity contribution >= 4 is 5.78 Å². The van der Waals surface area contributed by atoms with Gasteiger partial charge in [0.05, 0.1) is 12.1 Å². The average molecular weight is 694 g/mol. The molecule has 0 bridgehead atoms. The molecule has 0 aliphatic rings. The number of rotatable bonds is 42. The Balaban J connectivity index is 3.46. The summed E-state index contributed by atoms with van der Waals surface area (Å²) < 4.78 is 0. The second-order valence-corrected chi connectivity index (χ2v) is 16.0. The van der Waals surface area contributed by atoms with Crippen molar-refractivity contribution in [1.29, 1.82) is 0 Å². The molecule has 0 spiro atoms. The minimum atomic E-state index is -1.23. The fraction of sp³-hybridized carbons (Fsp3) is 0.978. The van der Waals surface area contributed by atoms with Crippen LogP contribution in [0.25, 0.3) is 0 Å². The quantitative estimate of drug-likeness (QED) is 0.0556. The van der Waals surface area contributed by atoms with Crippen LogP contribution in [0.2, 0.25) is 0 Å². The van der Waals surface area contributed by atoms with Crippen molar-refractivity contribution < 1.29 is 15.0 Å². The highest BCUT2D eigenvalue weighted by Crippen LogP contribution is 2.18. The number of ketones is 1. The molecule has 4 N–H and O–H groups in total. The van der Waals surface area contributed by atoms with Crippen molar-refractivity contribution in [3.05, 3.63) is 0 Å². The lowest BCUT2D eigenvalue weighted by atomic mass is 9.95. The van der Waals surface area contributed by atoms with E-state index in [4.69, 9.17) is 5.73 Å². The third-order valence-electron chi connectivity index (χ3n) is 11.0. The zero-order chi connectivity index (χ0) is 35.9. The first-order valence-corrected chi connectivity index (χ1v) is 22.7. The molecule has 0 aromatic rings. The lowest BCUT2D eigenvalue weighted by molar-refractivity contribution is -0.129. The molecule has 0 aliphatic heterocycles. The van der Waals surface area contributed by atoms with Gasteiger partial charge in [-0.1, -0.05) is 245 Å². The largest absolute Gasteiger partial charge is 0.391 e. The van der Waals surface area contributed by atoms with E-state index in [1.807, 2.05) is 0 Å². The molecule has 0 amide bonds. The third-order valence-corrected chi connectivity index (χ3v) is 11.0. The first kappa shape index (κ1) is 48.5. The molecule has 0 heterocycles. The van der Waals surface area contributed by atoms with Gasteiger partial charge >= 0.3 is 0 Å². The predicted molar refractivity (Wildman–Crippen MR) is 216 cm³/mol. The first-order chi connectivity index (χ1) is 24.0. The smallest absolute Gasteiger partial charge is 0.162 e. The number of hydrogen-bond donors (Lipinski definition) is 3. The summed E-state index contributed by atoms with van der Waals surface area (Å²) in [5.74, 6) is -0.199. The predicted octanol–water partition coefficient (Wildman–Crippen LogP) is 13.9. The number of nitrogens with two attached hydrogens (primary N) is 1. The molecule has 0 aromatic heterocycles. The molecule has 0 rings (SSSR count). The number of aliphatic hydroxyl groups is 2. The van der Waals surface area contributed by atoms with Crippen LogP contribution in [0.3, 0.4) is 0 Å². The van der Waals surface area contributed by atoms with Crippen molar-refractivity contribution in [2.24, 2.45) is 5.73 Å². The normalized spacial score (nSPS) is 13.6. The molecule has 0 radical (unpaired) electrons. The Labute approximate surface area is 308 Å². The molecule has 0 saturated heterocycles. The van der Waals surface area contributed by atoms with Gasteiger partial charge in [0.15, 0.2) is 5.78 Å². The summed E-state index contributed by atoms with van der Waals surface area (Å²) in [5, 5.41) is 20.9. The zero-order valence-electron chi connectivity index (χ0n) is 33.7. The molecule has 0 fully saturated rings. The van der Waals surface area contributed by atoms with E-state index in [1.165, 1.54) is 205 Å². The van der Waals surface area contributed by atoms with Crippen LogP contribution in [0.15, 0.2) is 0 Å². The van der Waals surface area contributed by atoms with Crippen LogP contribution in [0.4, 0.5) is 0 Å². The highest BCUT2D eigenvalue weighted by atomic mass is 16.3. The topological polar surface area (TPSA) is 83.6 Å².